The number of hydrogen-bond donors (Lipinski definition) is 2. The van der Waals surface area contributed by atoms with E-state index in [0.717, 1.165) is 37.8 Å². The SMILES string of the molecule is CN=C(NCCCCC(=O)OC)NCCCCC1CCCC1.I. The Labute approximate surface area is 158 Å². The Hall–Kier alpha value is -0.530. The molecule has 0 aromatic heterocycles. The van der Waals surface area contributed by atoms with Gasteiger partial charge in [0.2, 0.25) is 0 Å². The smallest absolute Gasteiger partial charge is 0.305 e. The van der Waals surface area contributed by atoms with Crippen molar-refractivity contribution >= 4 is 35.9 Å². The van der Waals surface area contributed by atoms with Gasteiger partial charge in [-0.15, -0.1) is 24.0 Å². The van der Waals surface area contributed by atoms with Crippen molar-refractivity contribution in [2.75, 3.05) is 27.2 Å². The zero-order valence-corrected chi connectivity index (χ0v) is 17.1. The number of guanidine groups is 1. The van der Waals surface area contributed by atoms with Crippen LogP contribution in [0, 0.1) is 5.92 Å². The summed E-state index contributed by atoms with van der Waals surface area (Å²) in [5, 5.41) is 6.63. The lowest BCUT2D eigenvalue weighted by Crippen LogP contribution is -2.38. The van der Waals surface area contributed by atoms with Crippen LogP contribution in [0.15, 0.2) is 4.99 Å². The maximum absolute atomic E-state index is 11.0. The molecule has 6 heteroatoms. The van der Waals surface area contributed by atoms with Crippen molar-refractivity contribution in [2.24, 2.45) is 10.9 Å². The first-order valence-electron chi connectivity index (χ1n) is 8.77. The van der Waals surface area contributed by atoms with Gasteiger partial charge in [-0.1, -0.05) is 38.5 Å². The number of aliphatic imine (C=N–C) groups is 1. The molecule has 136 valence electrons. The standard InChI is InChI=1S/C17H33N3O2.HI/c1-18-17(20-14-8-6-12-16(21)22-2)19-13-7-5-11-15-9-3-4-10-15;/h15H,3-14H2,1-2H3,(H2,18,19,20);1H. The molecule has 0 bridgehead atoms. The second kappa shape index (κ2) is 15.0. The highest BCUT2D eigenvalue weighted by Gasteiger charge is 2.13. The molecule has 0 spiro atoms. The fourth-order valence-corrected chi connectivity index (χ4v) is 2.99. The third-order valence-corrected chi connectivity index (χ3v) is 4.36. The fourth-order valence-electron chi connectivity index (χ4n) is 2.99. The molecular formula is C17H34IN3O2. The zero-order valence-electron chi connectivity index (χ0n) is 14.7. The predicted octanol–water partition coefficient (Wildman–Crippen LogP) is 3.47. The van der Waals surface area contributed by atoms with E-state index in [9.17, 15) is 4.79 Å². The summed E-state index contributed by atoms with van der Waals surface area (Å²) in [5.74, 6) is 1.72. The molecule has 0 radical (unpaired) electrons. The molecule has 1 rings (SSSR count). The van der Waals surface area contributed by atoms with E-state index in [-0.39, 0.29) is 29.9 Å². The van der Waals surface area contributed by atoms with E-state index in [2.05, 4.69) is 20.4 Å². The molecule has 1 fully saturated rings. The lowest BCUT2D eigenvalue weighted by molar-refractivity contribution is -0.140. The molecule has 0 amide bonds. The number of methoxy groups -OCH3 is 1. The quantitative estimate of drug-likeness (QED) is 0.180. The third-order valence-electron chi connectivity index (χ3n) is 4.36. The number of esters is 1. The molecule has 0 unspecified atom stereocenters. The molecule has 1 aliphatic carbocycles. The van der Waals surface area contributed by atoms with Crippen LogP contribution in [0.5, 0.6) is 0 Å². The highest BCUT2D eigenvalue weighted by molar-refractivity contribution is 14.0. The Balaban J connectivity index is 0.00000484. The Bertz CT molecular complexity index is 332. The van der Waals surface area contributed by atoms with E-state index in [0.29, 0.717) is 6.42 Å². The summed E-state index contributed by atoms with van der Waals surface area (Å²) in [7, 11) is 3.22. The molecule has 0 atom stereocenters. The maximum atomic E-state index is 11.0. The summed E-state index contributed by atoms with van der Waals surface area (Å²) < 4.78 is 4.62. The third kappa shape index (κ3) is 11.6. The van der Waals surface area contributed by atoms with Gasteiger partial charge in [-0.3, -0.25) is 9.79 Å². The average Bonchev–Trinajstić information content (AvgIpc) is 3.05. The Morgan fingerprint density at radius 2 is 1.70 bits per heavy atom. The second-order valence-electron chi connectivity index (χ2n) is 6.11. The number of nitrogens with one attached hydrogen (secondary N) is 2. The molecule has 2 N–H and O–H groups in total. The number of carbonyl (C=O) groups excluding carboxylic acids is 1. The van der Waals surface area contributed by atoms with Crippen LogP contribution in [-0.2, 0) is 9.53 Å². The molecule has 1 aliphatic rings. The van der Waals surface area contributed by atoms with Crippen LogP contribution in [0.1, 0.15) is 64.2 Å². The van der Waals surface area contributed by atoms with Gasteiger partial charge in [-0.25, -0.2) is 0 Å². The largest absolute Gasteiger partial charge is 0.469 e. The fraction of sp³-hybridized carbons (Fsp3) is 0.882. The summed E-state index contributed by atoms with van der Waals surface area (Å²) in [6.45, 7) is 1.81. The molecule has 0 saturated heterocycles. The van der Waals surface area contributed by atoms with Gasteiger partial charge < -0.3 is 15.4 Å². The van der Waals surface area contributed by atoms with E-state index < -0.39 is 0 Å². The van der Waals surface area contributed by atoms with Gasteiger partial charge in [0.15, 0.2) is 5.96 Å². The Kier molecular flexibility index (Phi) is 14.7. The summed E-state index contributed by atoms with van der Waals surface area (Å²) in [4.78, 5) is 15.2. The molecule has 1 saturated carbocycles. The molecule has 23 heavy (non-hydrogen) atoms. The van der Waals surface area contributed by atoms with Crippen molar-refractivity contribution in [1.29, 1.82) is 0 Å². The van der Waals surface area contributed by atoms with Crippen LogP contribution in [-0.4, -0.2) is 39.2 Å². The summed E-state index contributed by atoms with van der Waals surface area (Å²) in [6, 6.07) is 0. The van der Waals surface area contributed by atoms with E-state index in [1.165, 1.54) is 52.1 Å². The number of ether oxygens (including phenoxy) is 1. The van der Waals surface area contributed by atoms with Crippen molar-refractivity contribution in [2.45, 2.75) is 64.2 Å². The first kappa shape index (κ1) is 22.5. The van der Waals surface area contributed by atoms with Crippen molar-refractivity contribution < 1.29 is 9.53 Å². The highest BCUT2D eigenvalue weighted by atomic mass is 127. The van der Waals surface area contributed by atoms with Crippen LogP contribution in [0.25, 0.3) is 0 Å². The number of rotatable bonds is 10. The molecule has 0 aromatic carbocycles. The first-order valence-corrected chi connectivity index (χ1v) is 8.77. The number of unbranched alkanes of at least 4 members (excludes halogenated alkanes) is 2. The minimum atomic E-state index is -0.134. The van der Waals surface area contributed by atoms with Crippen LogP contribution in [0.3, 0.4) is 0 Å². The molecule has 5 nitrogen and oxygen atoms in total. The number of carbonyl (C=O) groups is 1. The topological polar surface area (TPSA) is 62.7 Å². The Morgan fingerprint density at radius 3 is 2.26 bits per heavy atom. The lowest BCUT2D eigenvalue weighted by Gasteiger charge is -2.12. The monoisotopic (exact) mass is 439 g/mol. The van der Waals surface area contributed by atoms with Gasteiger partial charge in [0.05, 0.1) is 7.11 Å². The Morgan fingerprint density at radius 1 is 1.09 bits per heavy atom. The predicted molar refractivity (Wildman–Crippen MR) is 106 cm³/mol. The number of nitrogens with zero attached hydrogens (tertiary/aromatic N) is 1. The summed E-state index contributed by atoms with van der Waals surface area (Å²) in [5.41, 5.74) is 0. The van der Waals surface area contributed by atoms with Crippen LogP contribution >= 0.6 is 24.0 Å². The van der Waals surface area contributed by atoms with Crippen LogP contribution in [0.4, 0.5) is 0 Å². The van der Waals surface area contributed by atoms with Crippen molar-refractivity contribution in [3.63, 3.8) is 0 Å². The summed E-state index contributed by atoms with van der Waals surface area (Å²) in [6.07, 6.45) is 12.0. The molecule has 0 aromatic rings. The normalized spacial score (nSPS) is 15.1. The van der Waals surface area contributed by atoms with Gasteiger partial charge >= 0.3 is 5.97 Å². The minimum absolute atomic E-state index is 0. The summed E-state index contributed by atoms with van der Waals surface area (Å²) >= 11 is 0. The van der Waals surface area contributed by atoms with E-state index in [4.69, 9.17) is 0 Å². The number of halogens is 1. The highest BCUT2D eigenvalue weighted by Crippen LogP contribution is 2.28. The number of hydrogen-bond acceptors (Lipinski definition) is 3. The first-order chi connectivity index (χ1) is 10.8. The minimum Gasteiger partial charge on any atom is -0.469 e. The van der Waals surface area contributed by atoms with Gasteiger partial charge in [-0.2, -0.15) is 0 Å². The molecule has 0 heterocycles. The van der Waals surface area contributed by atoms with Crippen molar-refractivity contribution in [3.8, 4) is 0 Å². The van der Waals surface area contributed by atoms with Gasteiger partial charge in [0, 0.05) is 26.6 Å². The maximum Gasteiger partial charge on any atom is 0.305 e. The average molecular weight is 439 g/mol. The van der Waals surface area contributed by atoms with Gasteiger partial charge in [0.1, 0.15) is 0 Å². The van der Waals surface area contributed by atoms with Crippen molar-refractivity contribution in [3.05, 3.63) is 0 Å². The van der Waals surface area contributed by atoms with Crippen molar-refractivity contribution in [1.82, 2.24) is 10.6 Å². The van der Waals surface area contributed by atoms with E-state index >= 15 is 0 Å². The molecule has 0 aliphatic heterocycles. The zero-order chi connectivity index (χ0) is 16.0. The lowest BCUT2D eigenvalue weighted by atomic mass is 10.0. The second-order valence-corrected chi connectivity index (χ2v) is 6.11. The van der Waals surface area contributed by atoms with E-state index in [1.807, 2.05) is 0 Å². The van der Waals surface area contributed by atoms with Crippen LogP contribution in [0.2, 0.25) is 0 Å². The van der Waals surface area contributed by atoms with E-state index in [1.54, 1.807) is 7.05 Å². The van der Waals surface area contributed by atoms with Crippen LogP contribution < -0.4 is 10.6 Å². The molecular weight excluding hydrogens is 405 g/mol. The van der Waals surface area contributed by atoms with Gasteiger partial charge in [-0.05, 0) is 25.2 Å². The van der Waals surface area contributed by atoms with Gasteiger partial charge in [0.25, 0.3) is 0 Å².